The summed E-state index contributed by atoms with van der Waals surface area (Å²) in [4.78, 5) is 0. The molecule has 0 N–H and O–H groups in total. The van der Waals surface area contributed by atoms with Crippen molar-refractivity contribution >= 4 is 5.57 Å². The van der Waals surface area contributed by atoms with Crippen molar-refractivity contribution in [3.05, 3.63) is 40.5 Å². The minimum Gasteiger partial charge on any atom is -0.370 e. The number of aryl methyl sites for hydroxylation is 1. The molecule has 0 saturated carbocycles. The zero-order chi connectivity index (χ0) is 13.5. The Labute approximate surface area is 116 Å². The molecule has 102 valence electrons. The zero-order valence-corrected chi connectivity index (χ0v) is 12.4. The summed E-state index contributed by atoms with van der Waals surface area (Å²) in [5.41, 5.74) is 7.81. The van der Waals surface area contributed by atoms with Crippen LogP contribution in [0, 0.1) is 0 Å². The second kappa shape index (κ2) is 4.79. The topological polar surface area (TPSA) is 9.23 Å². The van der Waals surface area contributed by atoms with Gasteiger partial charge in [-0.05, 0) is 59.9 Å². The van der Waals surface area contributed by atoms with E-state index in [4.69, 9.17) is 4.74 Å². The van der Waals surface area contributed by atoms with Gasteiger partial charge in [-0.25, -0.2) is 0 Å². The van der Waals surface area contributed by atoms with Gasteiger partial charge >= 0.3 is 0 Å². The Kier molecular flexibility index (Phi) is 3.26. The maximum Gasteiger partial charge on any atom is 0.0895 e. The molecule has 0 bridgehead atoms. The van der Waals surface area contributed by atoms with Crippen molar-refractivity contribution in [2.45, 2.75) is 58.5 Å². The predicted octanol–water partition coefficient (Wildman–Crippen LogP) is 4.54. The van der Waals surface area contributed by atoms with Gasteiger partial charge in [-0.15, -0.1) is 0 Å². The smallest absolute Gasteiger partial charge is 0.0895 e. The van der Waals surface area contributed by atoms with E-state index in [2.05, 4.69) is 39.0 Å². The van der Waals surface area contributed by atoms with Crippen molar-refractivity contribution < 1.29 is 4.74 Å². The van der Waals surface area contributed by atoms with Crippen LogP contribution in [-0.2, 0) is 17.6 Å². The fourth-order valence-corrected chi connectivity index (χ4v) is 3.94. The van der Waals surface area contributed by atoms with E-state index in [-0.39, 0.29) is 5.60 Å². The molecule has 0 spiro atoms. The van der Waals surface area contributed by atoms with Gasteiger partial charge in [-0.1, -0.05) is 39.0 Å². The molecule has 1 nitrogen and oxygen atoms in total. The van der Waals surface area contributed by atoms with E-state index in [1.54, 1.807) is 16.7 Å². The monoisotopic (exact) mass is 256 g/mol. The van der Waals surface area contributed by atoms with Gasteiger partial charge in [0, 0.05) is 0 Å². The Balaban J connectivity index is 2.11. The molecule has 3 rings (SSSR count). The maximum atomic E-state index is 6.22. The fourth-order valence-electron chi connectivity index (χ4n) is 3.94. The third kappa shape index (κ3) is 1.79. The highest BCUT2D eigenvalue weighted by Gasteiger charge is 2.40. The molecule has 0 amide bonds. The standard InChI is InChI=1S/C18H24O/c1-4-13-8-7-9-14-15-10-11-19-18(5-2,6-3)17(15)12-16(13)14/h7-9H,4-6,10-12H2,1-3H3. The van der Waals surface area contributed by atoms with Crippen molar-refractivity contribution in [1.82, 2.24) is 0 Å². The van der Waals surface area contributed by atoms with Crippen LogP contribution in [0.3, 0.4) is 0 Å². The molecule has 0 aromatic heterocycles. The summed E-state index contributed by atoms with van der Waals surface area (Å²) < 4.78 is 6.22. The van der Waals surface area contributed by atoms with Crippen LogP contribution in [0.2, 0.25) is 0 Å². The highest BCUT2D eigenvalue weighted by atomic mass is 16.5. The maximum absolute atomic E-state index is 6.22. The van der Waals surface area contributed by atoms with Gasteiger partial charge < -0.3 is 4.74 Å². The molecule has 0 saturated heterocycles. The molecule has 0 radical (unpaired) electrons. The van der Waals surface area contributed by atoms with Crippen molar-refractivity contribution in [3.63, 3.8) is 0 Å². The first-order valence-corrected chi connectivity index (χ1v) is 7.73. The number of fused-ring (bicyclic) bond motifs is 2. The first kappa shape index (κ1) is 12.9. The van der Waals surface area contributed by atoms with Crippen molar-refractivity contribution in [2.24, 2.45) is 0 Å². The number of ether oxygens (including phenoxy) is 1. The average molecular weight is 256 g/mol. The van der Waals surface area contributed by atoms with Crippen molar-refractivity contribution in [2.75, 3.05) is 6.61 Å². The van der Waals surface area contributed by atoms with Crippen LogP contribution in [0.4, 0.5) is 0 Å². The predicted molar refractivity (Wildman–Crippen MR) is 80.3 cm³/mol. The summed E-state index contributed by atoms with van der Waals surface area (Å²) in [6, 6.07) is 6.83. The average Bonchev–Trinajstić information content (AvgIpc) is 2.86. The van der Waals surface area contributed by atoms with Gasteiger partial charge in [0.1, 0.15) is 0 Å². The first-order valence-electron chi connectivity index (χ1n) is 7.73. The number of hydrogen-bond acceptors (Lipinski definition) is 1. The van der Waals surface area contributed by atoms with E-state index in [1.165, 1.54) is 11.1 Å². The Morgan fingerprint density at radius 2 is 1.95 bits per heavy atom. The third-order valence-electron chi connectivity index (χ3n) is 5.12. The van der Waals surface area contributed by atoms with Crippen LogP contribution >= 0.6 is 0 Å². The molecule has 0 fully saturated rings. The third-order valence-corrected chi connectivity index (χ3v) is 5.12. The molecule has 1 aliphatic heterocycles. The Bertz CT molecular complexity index is 520. The molecule has 1 heteroatoms. The molecule has 1 aliphatic carbocycles. The van der Waals surface area contributed by atoms with Crippen LogP contribution in [0.5, 0.6) is 0 Å². The van der Waals surface area contributed by atoms with Crippen molar-refractivity contribution in [3.8, 4) is 0 Å². The highest BCUT2D eigenvalue weighted by Crippen LogP contribution is 2.47. The van der Waals surface area contributed by atoms with Crippen LogP contribution in [0.15, 0.2) is 23.8 Å². The highest BCUT2D eigenvalue weighted by molar-refractivity contribution is 5.79. The summed E-state index contributed by atoms with van der Waals surface area (Å²) in [5.74, 6) is 0. The molecule has 1 aromatic carbocycles. The van der Waals surface area contributed by atoms with Gasteiger partial charge in [0.25, 0.3) is 0 Å². The lowest BCUT2D eigenvalue weighted by Gasteiger charge is -2.38. The van der Waals surface area contributed by atoms with Gasteiger partial charge in [0.15, 0.2) is 0 Å². The minimum absolute atomic E-state index is 0.0115. The van der Waals surface area contributed by atoms with E-state index >= 15 is 0 Å². The Morgan fingerprint density at radius 3 is 2.63 bits per heavy atom. The largest absolute Gasteiger partial charge is 0.370 e. The lowest BCUT2D eigenvalue weighted by molar-refractivity contribution is -0.0279. The molecular weight excluding hydrogens is 232 g/mol. The molecule has 1 heterocycles. The second-order valence-electron chi connectivity index (χ2n) is 5.73. The zero-order valence-electron chi connectivity index (χ0n) is 12.4. The number of hydrogen-bond donors (Lipinski definition) is 0. The SMILES string of the molecule is CCc1cccc2c1CC1=C2CCOC1(CC)CC. The molecule has 0 unspecified atom stereocenters. The Hall–Kier alpha value is -1.08. The molecular formula is C18H24O. The number of rotatable bonds is 3. The lowest BCUT2D eigenvalue weighted by atomic mass is 9.82. The summed E-state index contributed by atoms with van der Waals surface area (Å²) in [6.45, 7) is 7.68. The van der Waals surface area contributed by atoms with E-state index in [0.29, 0.717) is 0 Å². The van der Waals surface area contributed by atoms with Crippen LogP contribution in [0.1, 0.15) is 56.7 Å². The molecule has 1 aromatic rings. The summed E-state index contributed by atoms with van der Waals surface area (Å²) in [6.07, 6.45) is 5.54. The number of benzene rings is 1. The van der Waals surface area contributed by atoms with E-state index < -0.39 is 0 Å². The van der Waals surface area contributed by atoms with Gasteiger partial charge in [-0.2, -0.15) is 0 Å². The summed E-state index contributed by atoms with van der Waals surface area (Å²) >= 11 is 0. The molecule has 2 aliphatic rings. The minimum atomic E-state index is 0.0115. The lowest BCUT2D eigenvalue weighted by Crippen LogP contribution is -2.37. The second-order valence-corrected chi connectivity index (χ2v) is 5.73. The molecule has 0 atom stereocenters. The van der Waals surface area contributed by atoms with Gasteiger partial charge in [-0.3, -0.25) is 0 Å². The summed E-state index contributed by atoms with van der Waals surface area (Å²) in [5, 5.41) is 0. The molecule has 19 heavy (non-hydrogen) atoms. The summed E-state index contributed by atoms with van der Waals surface area (Å²) in [7, 11) is 0. The van der Waals surface area contributed by atoms with Gasteiger partial charge in [0.2, 0.25) is 0 Å². The Morgan fingerprint density at radius 1 is 1.16 bits per heavy atom. The fraction of sp³-hybridized carbons (Fsp3) is 0.556. The van der Waals surface area contributed by atoms with Crippen LogP contribution in [0.25, 0.3) is 5.57 Å². The van der Waals surface area contributed by atoms with E-state index in [1.807, 2.05) is 0 Å². The normalized spacial score (nSPS) is 20.4. The van der Waals surface area contributed by atoms with Gasteiger partial charge in [0.05, 0.1) is 12.2 Å². The van der Waals surface area contributed by atoms with E-state index in [9.17, 15) is 0 Å². The van der Waals surface area contributed by atoms with Crippen LogP contribution < -0.4 is 0 Å². The first-order chi connectivity index (χ1) is 9.25. The van der Waals surface area contributed by atoms with E-state index in [0.717, 1.165) is 38.7 Å². The van der Waals surface area contributed by atoms with Crippen molar-refractivity contribution in [1.29, 1.82) is 0 Å². The van der Waals surface area contributed by atoms with Crippen LogP contribution in [-0.4, -0.2) is 12.2 Å². The quantitative estimate of drug-likeness (QED) is 0.771.